The first-order valence-corrected chi connectivity index (χ1v) is 9.68. The molecule has 0 aliphatic heterocycles. The number of hydrogen-bond donors (Lipinski definition) is 0. The van der Waals surface area contributed by atoms with Crippen LogP contribution in [0.5, 0.6) is 5.75 Å². The Balaban J connectivity index is 1.79. The van der Waals surface area contributed by atoms with Crippen LogP contribution < -0.4 is 4.74 Å². The number of pyridine rings is 1. The van der Waals surface area contributed by atoms with E-state index in [0.717, 1.165) is 27.9 Å². The highest BCUT2D eigenvalue weighted by atomic mass is 19.3. The molecule has 0 aliphatic carbocycles. The molecule has 4 rings (SSSR count). The fourth-order valence-electron chi connectivity index (χ4n) is 3.48. The zero-order valence-electron chi connectivity index (χ0n) is 17.0. The van der Waals surface area contributed by atoms with Gasteiger partial charge >= 0.3 is 6.61 Å². The van der Waals surface area contributed by atoms with Crippen LogP contribution in [-0.4, -0.2) is 28.3 Å². The highest BCUT2D eigenvalue weighted by molar-refractivity contribution is 5.82. The van der Waals surface area contributed by atoms with E-state index >= 15 is 0 Å². The molecule has 0 bridgehead atoms. The quantitative estimate of drug-likeness (QED) is 0.375. The van der Waals surface area contributed by atoms with Gasteiger partial charge in [0.15, 0.2) is 0 Å². The third-order valence-electron chi connectivity index (χ3n) is 4.95. The summed E-state index contributed by atoms with van der Waals surface area (Å²) in [5, 5.41) is 0. The normalized spacial score (nSPS) is 11.2. The van der Waals surface area contributed by atoms with Crippen molar-refractivity contribution in [2.75, 3.05) is 7.11 Å². The van der Waals surface area contributed by atoms with Crippen LogP contribution in [0.4, 0.5) is 8.78 Å². The Morgan fingerprint density at radius 3 is 2.61 bits per heavy atom. The molecule has 0 aliphatic rings. The van der Waals surface area contributed by atoms with E-state index in [1.54, 1.807) is 37.6 Å². The zero-order valence-corrected chi connectivity index (χ0v) is 17.0. The third kappa shape index (κ3) is 4.46. The molecule has 0 spiro atoms. The van der Waals surface area contributed by atoms with Gasteiger partial charge in [0, 0.05) is 24.4 Å². The van der Waals surface area contributed by atoms with Crippen molar-refractivity contribution in [3.63, 3.8) is 0 Å². The van der Waals surface area contributed by atoms with E-state index in [4.69, 9.17) is 9.47 Å². The van der Waals surface area contributed by atoms with Crippen LogP contribution >= 0.6 is 0 Å². The highest BCUT2D eigenvalue weighted by Gasteiger charge is 2.16. The average Bonchev–Trinajstić information content (AvgIpc) is 3.11. The van der Waals surface area contributed by atoms with Crippen molar-refractivity contribution >= 4 is 17.1 Å². The van der Waals surface area contributed by atoms with E-state index < -0.39 is 6.61 Å². The molecule has 2 aromatic heterocycles. The van der Waals surface area contributed by atoms with Crippen molar-refractivity contribution in [3.8, 4) is 16.9 Å². The van der Waals surface area contributed by atoms with Crippen LogP contribution in [0, 0.1) is 0 Å². The van der Waals surface area contributed by atoms with Gasteiger partial charge in [-0.1, -0.05) is 36.9 Å². The molecule has 31 heavy (non-hydrogen) atoms. The van der Waals surface area contributed by atoms with Gasteiger partial charge in [0.2, 0.25) is 0 Å². The van der Waals surface area contributed by atoms with E-state index in [2.05, 4.69) is 16.5 Å². The topological polar surface area (TPSA) is 49.2 Å². The van der Waals surface area contributed by atoms with Gasteiger partial charge in [-0.05, 0) is 35.9 Å². The molecule has 0 saturated heterocycles. The number of nitrogens with zero attached hydrogens (tertiary/aromatic N) is 3. The predicted octanol–water partition coefficient (Wildman–Crippen LogP) is 5.54. The maximum Gasteiger partial charge on any atom is 0.387 e. The number of para-hydroxylation sites is 1. The molecular weight excluding hydrogens is 400 g/mol. The van der Waals surface area contributed by atoms with E-state index in [-0.39, 0.29) is 12.4 Å². The Morgan fingerprint density at radius 1 is 1.10 bits per heavy atom. The van der Waals surface area contributed by atoms with Crippen molar-refractivity contribution in [2.45, 2.75) is 19.8 Å². The molecule has 2 aromatic carbocycles. The van der Waals surface area contributed by atoms with Crippen LogP contribution in [0.25, 0.3) is 28.2 Å². The summed E-state index contributed by atoms with van der Waals surface area (Å²) in [6, 6.07) is 16.6. The first-order chi connectivity index (χ1) is 15.1. The second-order valence-corrected chi connectivity index (χ2v) is 6.91. The minimum absolute atomic E-state index is 0.142. The van der Waals surface area contributed by atoms with Gasteiger partial charge in [-0.25, -0.2) is 4.98 Å². The Labute approximate surface area is 178 Å². The lowest BCUT2D eigenvalue weighted by atomic mass is 10.1. The van der Waals surface area contributed by atoms with Gasteiger partial charge in [-0.15, -0.1) is 0 Å². The number of aromatic nitrogens is 3. The van der Waals surface area contributed by atoms with Crippen LogP contribution in [0.2, 0.25) is 0 Å². The van der Waals surface area contributed by atoms with E-state index in [9.17, 15) is 8.78 Å². The molecular formula is C24H21F2N3O2. The maximum absolute atomic E-state index is 12.9. The zero-order chi connectivity index (χ0) is 21.8. The van der Waals surface area contributed by atoms with Crippen molar-refractivity contribution in [1.29, 1.82) is 0 Å². The SMILES string of the molecule is C=Cc1ccc(-c2ccc3nc(COC)n(Cc4ccccc4OC(F)F)c3c2)cn1. The standard InChI is InChI=1S/C24H21F2N3O2/c1-3-19-10-8-17(13-27-19)16-9-11-20-21(12-16)29(23(28-20)15-30-2)14-18-6-4-5-7-22(18)31-24(25)26/h3-13,24H,1,14-15H2,2H3. The molecule has 0 unspecified atom stereocenters. The van der Waals surface area contributed by atoms with Gasteiger partial charge in [0.05, 0.1) is 23.3 Å². The van der Waals surface area contributed by atoms with Crippen molar-refractivity contribution in [2.24, 2.45) is 0 Å². The molecule has 0 N–H and O–H groups in total. The number of ether oxygens (including phenoxy) is 2. The number of imidazole rings is 1. The minimum atomic E-state index is -2.89. The molecule has 158 valence electrons. The Bertz CT molecular complexity index is 1200. The molecule has 4 aromatic rings. The first kappa shape index (κ1) is 20.7. The minimum Gasteiger partial charge on any atom is -0.434 e. The predicted molar refractivity (Wildman–Crippen MR) is 116 cm³/mol. The molecule has 0 radical (unpaired) electrons. The number of rotatable bonds is 8. The summed E-state index contributed by atoms with van der Waals surface area (Å²) < 4.78 is 37.7. The Hall–Kier alpha value is -3.58. The molecule has 0 saturated carbocycles. The number of benzene rings is 2. The molecule has 2 heterocycles. The highest BCUT2D eigenvalue weighted by Crippen LogP contribution is 2.28. The lowest BCUT2D eigenvalue weighted by Crippen LogP contribution is -2.09. The summed E-state index contributed by atoms with van der Waals surface area (Å²) in [7, 11) is 1.59. The molecule has 0 atom stereocenters. The molecule has 7 heteroatoms. The number of fused-ring (bicyclic) bond motifs is 1. The van der Waals surface area contributed by atoms with Crippen LogP contribution in [-0.2, 0) is 17.9 Å². The summed E-state index contributed by atoms with van der Waals surface area (Å²) in [6.45, 7) is 1.44. The number of methoxy groups -OCH3 is 1. The smallest absolute Gasteiger partial charge is 0.387 e. The van der Waals surface area contributed by atoms with Crippen molar-refractivity contribution in [3.05, 3.63) is 84.5 Å². The summed E-state index contributed by atoms with van der Waals surface area (Å²) in [4.78, 5) is 9.04. The monoisotopic (exact) mass is 421 g/mol. The lowest BCUT2D eigenvalue weighted by Gasteiger charge is -2.14. The summed E-state index contributed by atoms with van der Waals surface area (Å²) >= 11 is 0. The van der Waals surface area contributed by atoms with E-state index in [1.165, 1.54) is 6.07 Å². The number of alkyl halides is 2. The Kier molecular flexibility index (Phi) is 6.04. The second-order valence-electron chi connectivity index (χ2n) is 6.91. The lowest BCUT2D eigenvalue weighted by molar-refractivity contribution is -0.0504. The molecule has 5 nitrogen and oxygen atoms in total. The maximum atomic E-state index is 12.9. The number of halogens is 2. The van der Waals surface area contributed by atoms with E-state index in [0.29, 0.717) is 17.9 Å². The summed E-state index contributed by atoms with van der Waals surface area (Å²) in [5.74, 6) is 0.838. The van der Waals surface area contributed by atoms with Gasteiger partial charge in [0.1, 0.15) is 18.2 Å². The summed E-state index contributed by atoms with van der Waals surface area (Å²) in [6.07, 6.45) is 3.48. The fraction of sp³-hybridized carbons (Fsp3) is 0.167. The van der Waals surface area contributed by atoms with Crippen LogP contribution in [0.1, 0.15) is 17.1 Å². The van der Waals surface area contributed by atoms with Crippen LogP contribution in [0.3, 0.4) is 0 Å². The average molecular weight is 421 g/mol. The summed E-state index contributed by atoms with van der Waals surface area (Å²) in [5.41, 5.74) is 5.01. The van der Waals surface area contributed by atoms with Crippen molar-refractivity contribution in [1.82, 2.24) is 14.5 Å². The molecule has 0 amide bonds. The van der Waals surface area contributed by atoms with Crippen molar-refractivity contribution < 1.29 is 18.3 Å². The van der Waals surface area contributed by atoms with Gasteiger partial charge < -0.3 is 14.0 Å². The van der Waals surface area contributed by atoms with E-state index in [1.807, 2.05) is 34.9 Å². The van der Waals surface area contributed by atoms with Gasteiger partial charge in [-0.3, -0.25) is 4.98 Å². The Morgan fingerprint density at radius 2 is 1.90 bits per heavy atom. The largest absolute Gasteiger partial charge is 0.434 e. The molecule has 0 fully saturated rings. The first-order valence-electron chi connectivity index (χ1n) is 9.68. The van der Waals surface area contributed by atoms with Crippen LogP contribution in [0.15, 0.2) is 67.4 Å². The van der Waals surface area contributed by atoms with Gasteiger partial charge in [-0.2, -0.15) is 8.78 Å². The van der Waals surface area contributed by atoms with Gasteiger partial charge in [0.25, 0.3) is 0 Å². The fourth-order valence-corrected chi connectivity index (χ4v) is 3.48. The number of hydrogen-bond acceptors (Lipinski definition) is 4. The second kappa shape index (κ2) is 9.06. The third-order valence-corrected chi connectivity index (χ3v) is 4.95.